The van der Waals surface area contributed by atoms with Crippen LogP contribution < -0.4 is 15.1 Å². The number of carbonyl (C=O) groups is 2. The highest BCUT2D eigenvalue weighted by Gasteiger charge is 2.54. The number of hydrogen-bond acceptors (Lipinski definition) is 4. The van der Waals surface area contributed by atoms with Crippen LogP contribution in [-0.2, 0) is 4.79 Å². The van der Waals surface area contributed by atoms with E-state index in [2.05, 4.69) is 5.32 Å². The monoisotopic (exact) mass is 410 g/mol. The lowest BCUT2D eigenvalue weighted by Crippen LogP contribution is -2.53. The van der Waals surface area contributed by atoms with Gasteiger partial charge in [-0.05, 0) is 30.7 Å². The van der Waals surface area contributed by atoms with E-state index in [4.69, 9.17) is 4.99 Å². The van der Waals surface area contributed by atoms with Crippen LogP contribution in [-0.4, -0.2) is 36.9 Å². The van der Waals surface area contributed by atoms with Crippen LogP contribution in [0.15, 0.2) is 83.9 Å². The Morgan fingerprint density at radius 1 is 0.935 bits per heavy atom. The molecule has 2 heterocycles. The van der Waals surface area contributed by atoms with Crippen molar-refractivity contribution in [3.63, 3.8) is 0 Å². The Morgan fingerprint density at radius 2 is 1.68 bits per heavy atom. The van der Waals surface area contributed by atoms with Crippen LogP contribution in [0, 0.1) is 6.92 Å². The number of para-hydroxylation sites is 1. The molecule has 1 N–H and O–H groups in total. The van der Waals surface area contributed by atoms with Crippen LogP contribution in [0.2, 0.25) is 0 Å². The second-order valence-corrected chi connectivity index (χ2v) is 7.97. The van der Waals surface area contributed by atoms with Crippen LogP contribution in [0.3, 0.4) is 0 Å². The SMILES string of the molecule is Cc1cccc(N2C(=O)NC3(CN(C)c4ccccc4C(c4ccccc4)=N3)C2=O)c1. The number of fused-ring (bicyclic) bond motifs is 1. The van der Waals surface area contributed by atoms with Gasteiger partial charge in [0, 0.05) is 23.9 Å². The molecule has 5 rings (SSSR count). The normalized spacial score (nSPS) is 20.4. The fourth-order valence-electron chi connectivity index (χ4n) is 4.29. The number of amides is 3. The Kier molecular flexibility index (Phi) is 4.36. The van der Waals surface area contributed by atoms with Crippen molar-refractivity contribution in [2.24, 2.45) is 4.99 Å². The van der Waals surface area contributed by atoms with Gasteiger partial charge in [0.05, 0.1) is 17.9 Å². The van der Waals surface area contributed by atoms with Gasteiger partial charge in [0.2, 0.25) is 5.66 Å². The topological polar surface area (TPSA) is 65.0 Å². The molecule has 6 nitrogen and oxygen atoms in total. The molecule has 0 saturated carbocycles. The third-order valence-electron chi connectivity index (χ3n) is 5.72. The van der Waals surface area contributed by atoms with Gasteiger partial charge in [0.25, 0.3) is 5.91 Å². The number of anilines is 2. The molecule has 1 atom stereocenters. The second-order valence-electron chi connectivity index (χ2n) is 7.97. The van der Waals surface area contributed by atoms with E-state index in [0.29, 0.717) is 11.4 Å². The van der Waals surface area contributed by atoms with Gasteiger partial charge in [-0.3, -0.25) is 4.79 Å². The van der Waals surface area contributed by atoms with Gasteiger partial charge < -0.3 is 10.2 Å². The number of aliphatic imine (C=N–C) groups is 1. The second kappa shape index (κ2) is 7.09. The van der Waals surface area contributed by atoms with Gasteiger partial charge in [0.1, 0.15) is 0 Å². The van der Waals surface area contributed by atoms with E-state index in [1.807, 2.05) is 91.7 Å². The minimum absolute atomic E-state index is 0.229. The molecule has 1 spiro atoms. The standard InChI is InChI=1S/C25H22N4O2/c1-17-9-8-12-19(15-17)29-23(30)25(27-24(29)31)16-28(2)21-14-7-6-13-20(21)22(26-25)18-10-4-3-5-11-18/h3-15H,16H2,1-2H3,(H,27,31). The smallest absolute Gasteiger partial charge is 0.331 e. The van der Waals surface area contributed by atoms with Gasteiger partial charge in [-0.25, -0.2) is 14.7 Å². The average Bonchev–Trinajstić information content (AvgIpc) is 2.93. The molecular formula is C25H22N4O2. The van der Waals surface area contributed by atoms with Gasteiger partial charge >= 0.3 is 6.03 Å². The number of nitrogens with zero attached hydrogens (tertiary/aromatic N) is 3. The summed E-state index contributed by atoms with van der Waals surface area (Å²) in [6, 6.07) is 24.6. The molecule has 2 aliphatic rings. The number of likely N-dealkylation sites (N-methyl/N-ethyl adjacent to an activating group) is 1. The molecule has 6 heteroatoms. The minimum atomic E-state index is -1.42. The van der Waals surface area contributed by atoms with Crippen LogP contribution in [0.5, 0.6) is 0 Å². The summed E-state index contributed by atoms with van der Waals surface area (Å²) in [4.78, 5) is 34.9. The maximum absolute atomic E-state index is 13.7. The summed E-state index contributed by atoms with van der Waals surface area (Å²) in [7, 11) is 1.92. The van der Waals surface area contributed by atoms with E-state index in [1.165, 1.54) is 4.90 Å². The van der Waals surface area contributed by atoms with E-state index in [1.54, 1.807) is 6.07 Å². The predicted molar refractivity (Wildman–Crippen MR) is 122 cm³/mol. The first-order chi connectivity index (χ1) is 15.0. The fraction of sp³-hybridized carbons (Fsp3) is 0.160. The Hall–Kier alpha value is -3.93. The first-order valence-electron chi connectivity index (χ1n) is 10.2. The van der Waals surface area contributed by atoms with E-state index in [9.17, 15) is 9.59 Å². The maximum atomic E-state index is 13.7. The van der Waals surface area contributed by atoms with Crippen molar-refractivity contribution in [3.05, 3.63) is 95.6 Å². The van der Waals surface area contributed by atoms with Crippen molar-refractivity contribution in [3.8, 4) is 0 Å². The number of hydrogen-bond donors (Lipinski definition) is 1. The summed E-state index contributed by atoms with van der Waals surface area (Å²) < 4.78 is 0. The van der Waals surface area contributed by atoms with Crippen LogP contribution in [0.25, 0.3) is 0 Å². The Labute approximate surface area is 180 Å². The number of urea groups is 1. The molecule has 1 saturated heterocycles. The lowest BCUT2D eigenvalue weighted by Gasteiger charge is -2.27. The van der Waals surface area contributed by atoms with Gasteiger partial charge in [-0.15, -0.1) is 0 Å². The van der Waals surface area contributed by atoms with Crippen molar-refractivity contribution in [2.45, 2.75) is 12.6 Å². The lowest BCUT2D eigenvalue weighted by atomic mass is 10.0. The van der Waals surface area contributed by atoms with Crippen LogP contribution >= 0.6 is 0 Å². The van der Waals surface area contributed by atoms with E-state index in [-0.39, 0.29) is 12.5 Å². The highest BCUT2D eigenvalue weighted by molar-refractivity contribution is 6.26. The molecule has 1 fully saturated rings. The Balaban J connectivity index is 1.69. The molecule has 0 aromatic heterocycles. The highest BCUT2D eigenvalue weighted by atomic mass is 16.2. The van der Waals surface area contributed by atoms with Crippen molar-refractivity contribution < 1.29 is 9.59 Å². The van der Waals surface area contributed by atoms with Gasteiger partial charge in [-0.1, -0.05) is 60.7 Å². The number of carbonyl (C=O) groups excluding carboxylic acids is 2. The van der Waals surface area contributed by atoms with E-state index < -0.39 is 11.7 Å². The highest BCUT2D eigenvalue weighted by Crippen LogP contribution is 2.34. The molecule has 154 valence electrons. The van der Waals surface area contributed by atoms with Crippen LogP contribution in [0.4, 0.5) is 16.2 Å². The molecule has 0 radical (unpaired) electrons. The molecule has 31 heavy (non-hydrogen) atoms. The number of benzene rings is 3. The molecule has 3 amide bonds. The summed E-state index contributed by atoms with van der Waals surface area (Å²) in [6.45, 7) is 2.16. The summed E-state index contributed by atoms with van der Waals surface area (Å²) in [6.07, 6.45) is 0. The molecule has 3 aromatic carbocycles. The summed E-state index contributed by atoms with van der Waals surface area (Å²) in [5, 5.41) is 2.90. The third-order valence-corrected chi connectivity index (χ3v) is 5.72. The largest absolute Gasteiger partial charge is 0.369 e. The first-order valence-corrected chi connectivity index (χ1v) is 10.2. The van der Waals surface area contributed by atoms with Crippen molar-refractivity contribution >= 4 is 29.0 Å². The van der Waals surface area contributed by atoms with Crippen molar-refractivity contribution in [1.29, 1.82) is 0 Å². The Bertz CT molecular complexity index is 1220. The zero-order chi connectivity index (χ0) is 21.6. The third kappa shape index (κ3) is 3.08. The summed E-state index contributed by atoms with van der Waals surface area (Å²) in [5.74, 6) is -0.379. The quantitative estimate of drug-likeness (QED) is 0.655. The first kappa shape index (κ1) is 19.1. The summed E-state index contributed by atoms with van der Waals surface area (Å²) in [5.41, 5.74) is 3.54. The van der Waals surface area contributed by atoms with Crippen molar-refractivity contribution in [1.82, 2.24) is 5.32 Å². The molecular weight excluding hydrogens is 388 g/mol. The zero-order valence-corrected chi connectivity index (χ0v) is 17.4. The Morgan fingerprint density at radius 3 is 2.45 bits per heavy atom. The van der Waals surface area contributed by atoms with Gasteiger partial charge in [0.15, 0.2) is 0 Å². The van der Waals surface area contributed by atoms with Crippen molar-refractivity contribution in [2.75, 3.05) is 23.4 Å². The number of rotatable bonds is 2. The van der Waals surface area contributed by atoms with E-state index >= 15 is 0 Å². The predicted octanol–water partition coefficient (Wildman–Crippen LogP) is 3.73. The number of imide groups is 1. The minimum Gasteiger partial charge on any atom is -0.369 e. The number of aryl methyl sites for hydroxylation is 1. The molecule has 0 bridgehead atoms. The zero-order valence-electron chi connectivity index (χ0n) is 17.4. The molecule has 3 aromatic rings. The summed E-state index contributed by atoms with van der Waals surface area (Å²) >= 11 is 0. The lowest BCUT2D eigenvalue weighted by molar-refractivity contribution is -0.121. The van der Waals surface area contributed by atoms with Gasteiger partial charge in [-0.2, -0.15) is 0 Å². The molecule has 0 aliphatic carbocycles. The average molecular weight is 410 g/mol. The number of nitrogens with one attached hydrogen (secondary N) is 1. The fourth-order valence-corrected chi connectivity index (χ4v) is 4.29. The molecule has 1 unspecified atom stereocenters. The molecule has 2 aliphatic heterocycles. The van der Waals surface area contributed by atoms with E-state index in [0.717, 1.165) is 22.4 Å². The van der Waals surface area contributed by atoms with Crippen LogP contribution in [0.1, 0.15) is 16.7 Å². The maximum Gasteiger partial charge on any atom is 0.331 e.